The van der Waals surface area contributed by atoms with Gasteiger partial charge in [-0.15, -0.1) is 11.3 Å². The number of piperazine rings is 1. The van der Waals surface area contributed by atoms with Crippen LogP contribution in [-0.4, -0.2) is 59.3 Å². The van der Waals surface area contributed by atoms with E-state index in [2.05, 4.69) is 9.80 Å². The Morgan fingerprint density at radius 3 is 2.42 bits per heavy atom. The third-order valence-corrected chi connectivity index (χ3v) is 8.68. The van der Waals surface area contributed by atoms with Crippen molar-refractivity contribution >= 4 is 28.8 Å². The molecule has 1 saturated heterocycles. The molecule has 1 aliphatic carbocycles. The molecule has 1 saturated carbocycles. The second kappa shape index (κ2) is 10.1. The highest BCUT2D eigenvalue weighted by Gasteiger charge is 2.39. The Labute approximate surface area is 216 Å². The summed E-state index contributed by atoms with van der Waals surface area (Å²) in [6, 6.07) is 15.7. The van der Waals surface area contributed by atoms with Gasteiger partial charge in [-0.1, -0.05) is 55.7 Å². The largest absolute Gasteiger partial charge is 0.368 e. The summed E-state index contributed by atoms with van der Waals surface area (Å²) in [4.78, 5) is 37.7. The number of nitrogens with zero attached hydrogens (tertiary/aromatic N) is 4. The first-order valence-corrected chi connectivity index (χ1v) is 14.0. The Morgan fingerprint density at radius 2 is 1.64 bits per heavy atom. The highest BCUT2D eigenvalue weighted by Crippen LogP contribution is 2.34. The molecule has 0 spiro atoms. The molecule has 6 rings (SSSR count). The third kappa shape index (κ3) is 4.58. The van der Waals surface area contributed by atoms with Gasteiger partial charge in [0.25, 0.3) is 11.8 Å². The smallest absolute Gasteiger partial charge is 0.264 e. The number of benzene rings is 2. The van der Waals surface area contributed by atoms with Gasteiger partial charge in [0, 0.05) is 43.7 Å². The minimum absolute atomic E-state index is 0.202. The van der Waals surface area contributed by atoms with Gasteiger partial charge in [-0.2, -0.15) is 0 Å². The molecule has 3 aliphatic rings. The molecule has 186 valence electrons. The fourth-order valence-corrected chi connectivity index (χ4v) is 6.68. The fourth-order valence-electron chi connectivity index (χ4n) is 5.89. The maximum atomic E-state index is 13.5. The number of imide groups is 1. The van der Waals surface area contributed by atoms with E-state index in [4.69, 9.17) is 4.98 Å². The van der Waals surface area contributed by atoms with Gasteiger partial charge in [-0.3, -0.25) is 19.4 Å². The quantitative estimate of drug-likeness (QED) is 0.430. The molecule has 6 nitrogen and oxygen atoms in total. The monoisotopic (exact) mass is 500 g/mol. The molecule has 2 fully saturated rings. The Hall–Kier alpha value is -3.03. The van der Waals surface area contributed by atoms with E-state index in [9.17, 15) is 9.59 Å². The first-order chi connectivity index (χ1) is 17.7. The van der Waals surface area contributed by atoms with Crippen LogP contribution < -0.4 is 4.90 Å². The molecule has 1 aromatic heterocycles. The average Bonchev–Trinajstić information content (AvgIpc) is 3.49. The summed E-state index contributed by atoms with van der Waals surface area (Å²) < 4.78 is 0. The van der Waals surface area contributed by atoms with Crippen LogP contribution >= 0.6 is 11.3 Å². The summed E-state index contributed by atoms with van der Waals surface area (Å²) in [5.74, 6) is 0.420. The molecule has 3 heterocycles. The van der Waals surface area contributed by atoms with Crippen molar-refractivity contribution < 1.29 is 9.59 Å². The molecule has 36 heavy (non-hydrogen) atoms. The number of aromatic nitrogens is 1. The molecule has 0 N–H and O–H groups in total. The van der Waals surface area contributed by atoms with E-state index in [1.165, 1.54) is 54.9 Å². The predicted molar refractivity (Wildman–Crippen MR) is 143 cm³/mol. The van der Waals surface area contributed by atoms with Crippen LogP contribution in [0.1, 0.15) is 57.8 Å². The number of fused-ring (bicyclic) bond motifs is 1. The van der Waals surface area contributed by atoms with Crippen molar-refractivity contribution in [2.45, 2.75) is 38.6 Å². The van der Waals surface area contributed by atoms with E-state index in [0.29, 0.717) is 11.1 Å². The number of hydrogen-bond acceptors (Lipinski definition) is 6. The molecular weight excluding hydrogens is 468 g/mol. The molecule has 0 radical (unpaired) electrons. The Balaban J connectivity index is 1.15. The van der Waals surface area contributed by atoms with Gasteiger partial charge in [-0.05, 0) is 30.9 Å². The summed E-state index contributed by atoms with van der Waals surface area (Å²) in [6.07, 6.45) is 6.88. The summed E-state index contributed by atoms with van der Waals surface area (Å²) >= 11 is 1.49. The Morgan fingerprint density at radius 1 is 0.861 bits per heavy atom. The van der Waals surface area contributed by atoms with Gasteiger partial charge in [0.15, 0.2) is 0 Å². The van der Waals surface area contributed by atoms with E-state index >= 15 is 0 Å². The maximum absolute atomic E-state index is 13.5. The van der Waals surface area contributed by atoms with Gasteiger partial charge >= 0.3 is 0 Å². The lowest BCUT2D eigenvalue weighted by atomic mass is 9.89. The highest BCUT2D eigenvalue weighted by molar-refractivity contribution is 7.10. The summed E-state index contributed by atoms with van der Waals surface area (Å²) in [6.45, 7) is 5.19. The van der Waals surface area contributed by atoms with Gasteiger partial charge in [0.1, 0.15) is 5.01 Å². The van der Waals surface area contributed by atoms with Crippen molar-refractivity contribution in [3.05, 3.63) is 70.0 Å². The number of hydrogen-bond donors (Lipinski definition) is 0. The third-order valence-electron chi connectivity index (χ3n) is 7.85. The van der Waals surface area contributed by atoms with Crippen molar-refractivity contribution in [1.29, 1.82) is 0 Å². The molecule has 2 amide bonds. The molecule has 2 aliphatic heterocycles. The van der Waals surface area contributed by atoms with E-state index < -0.39 is 0 Å². The summed E-state index contributed by atoms with van der Waals surface area (Å²) in [5.41, 5.74) is 3.88. The number of rotatable bonds is 6. The topological polar surface area (TPSA) is 56.8 Å². The molecule has 7 heteroatoms. The zero-order valence-electron chi connectivity index (χ0n) is 20.6. The summed E-state index contributed by atoms with van der Waals surface area (Å²) in [7, 11) is 0. The van der Waals surface area contributed by atoms with Crippen LogP contribution in [0, 0.1) is 5.92 Å². The van der Waals surface area contributed by atoms with Crippen LogP contribution in [0.15, 0.2) is 53.9 Å². The lowest BCUT2D eigenvalue weighted by molar-refractivity contribution is 0.0642. The van der Waals surface area contributed by atoms with E-state index in [1.54, 1.807) is 6.07 Å². The molecule has 0 bridgehead atoms. The fraction of sp³-hybridized carbons (Fsp3) is 0.414. The minimum atomic E-state index is -0.218. The van der Waals surface area contributed by atoms with Crippen molar-refractivity contribution in [3.8, 4) is 11.3 Å². The predicted octanol–water partition coefficient (Wildman–Crippen LogP) is 5.31. The lowest BCUT2D eigenvalue weighted by Crippen LogP contribution is -2.48. The van der Waals surface area contributed by atoms with Gasteiger partial charge in [0.2, 0.25) is 0 Å². The Kier molecular flexibility index (Phi) is 6.59. The number of anilines is 1. The van der Waals surface area contributed by atoms with Gasteiger partial charge < -0.3 is 4.90 Å². The molecule has 3 aromatic rings. The minimum Gasteiger partial charge on any atom is -0.368 e. The number of thiazole rings is 1. The molecule has 2 aromatic carbocycles. The first kappa shape index (κ1) is 23.4. The number of amides is 2. The molecular formula is C29H32N4O2S. The van der Waals surface area contributed by atoms with Crippen molar-refractivity contribution in [2.75, 3.05) is 37.6 Å². The van der Waals surface area contributed by atoms with Crippen LogP contribution in [-0.2, 0) is 6.54 Å². The number of carbonyl (C=O) groups excluding carboxylic acids is 2. The first-order valence-electron chi connectivity index (χ1n) is 13.1. The van der Waals surface area contributed by atoms with Crippen molar-refractivity contribution in [2.24, 2.45) is 5.92 Å². The van der Waals surface area contributed by atoms with Gasteiger partial charge in [-0.25, -0.2) is 4.98 Å². The zero-order chi connectivity index (χ0) is 24.5. The Bertz CT molecular complexity index is 1240. The van der Waals surface area contributed by atoms with Crippen LogP contribution in [0.2, 0.25) is 0 Å². The van der Waals surface area contributed by atoms with Crippen LogP contribution in [0.25, 0.3) is 11.3 Å². The van der Waals surface area contributed by atoms with Crippen LogP contribution in [0.4, 0.5) is 5.69 Å². The summed E-state index contributed by atoms with van der Waals surface area (Å²) in [5, 5.41) is 2.75. The van der Waals surface area contributed by atoms with Crippen LogP contribution in [0.5, 0.6) is 0 Å². The average molecular weight is 501 g/mol. The van der Waals surface area contributed by atoms with E-state index in [1.807, 2.05) is 47.8 Å². The highest BCUT2D eigenvalue weighted by atomic mass is 32.1. The van der Waals surface area contributed by atoms with Crippen molar-refractivity contribution in [1.82, 2.24) is 14.8 Å². The van der Waals surface area contributed by atoms with E-state index in [-0.39, 0.29) is 18.4 Å². The zero-order valence-corrected chi connectivity index (χ0v) is 21.4. The van der Waals surface area contributed by atoms with Crippen LogP contribution in [0.3, 0.4) is 0 Å². The SMILES string of the molecule is O=C1c2cccc(N3CCN(CC4CCCCC4)CC3)c2C(=O)N1Cc1nc(-c2ccccc2)cs1. The number of carbonyl (C=O) groups is 2. The van der Waals surface area contributed by atoms with E-state index in [0.717, 1.165) is 54.0 Å². The molecule has 0 unspecified atom stereocenters. The standard InChI is InChI=1S/C29H32N4O2S/c34-28-23-12-7-13-25(32-16-14-31(15-17-32)18-21-8-3-1-4-9-21)27(23)29(35)33(28)19-26-30-24(20-36-26)22-10-5-2-6-11-22/h2,5-7,10-13,20-21H,1,3-4,8-9,14-19H2. The van der Waals surface area contributed by atoms with Crippen molar-refractivity contribution in [3.63, 3.8) is 0 Å². The molecule has 0 atom stereocenters. The normalized spacial score (nSPS) is 19.2. The van der Waals surface area contributed by atoms with Gasteiger partial charge in [0.05, 0.1) is 29.1 Å². The second-order valence-electron chi connectivity index (χ2n) is 10.2. The maximum Gasteiger partial charge on any atom is 0.264 e. The lowest BCUT2D eigenvalue weighted by Gasteiger charge is -2.38. The second-order valence-corrected chi connectivity index (χ2v) is 11.1.